The summed E-state index contributed by atoms with van der Waals surface area (Å²) in [5.74, 6) is 1.77. The fourth-order valence-corrected chi connectivity index (χ4v) is 3.75. The number of nitrogens with one attached hydrogen (secondary N) is 1. The molecule has 1 aliphatic carbocycles. The predicted octanol–water partition coefficient (Wildman–Crippen LogP) is 2.57. The number of likely N-dealkylation sites (tertiary alicyclic amines) is 1. The highest BCUT2D eigenvalue weighted by molar-refractivity contribution is 5.91. The highest BCUT2D eigenvalue weighted by Gasteiger charge is 2.51. The lowest BCUT2D eigenvalue weighted by Crippen LogP contribution is -2.38. The van der Waals surface area contributed by atoms with E-state index in [-0.39, 0.29) is 11.3 Å². The number of hydrogen-bond donors (Lipinski definition) is 1. The Morgan fingerprint density at radius 1 is 1.35 bits per heavy atom. The van der Waals surface area contributed by atoms with Crippen LogP contribution < -0.4 is 10.1 Å². The Morgan fingerprint density at radius 2 is 2.09 bits per heavy atom. The van der Waals surface area contributed by atoms with Gasteiger partial charge in [-0.05, 0) is 69.3 Å². The number of amides is 1. The van der Waals surface area contributed by atoms with E-state index in [1.165, 1.54) is 25.9 Å². The molecule has 1 aliphatic heterocycles. The number of benzene rings is 1. The number of carbonyl (C=O) groups excluding carboxylic acids is 1. The van der Waals surface area contributed by atoms with Crippen molar-refractivity contribution in [3.63, 3.8) is 0 Å². The van der Waals surface area contributed by atoms with Gasteiger partial charge in [0.1, 0.15) is 5.75 Å². The number of rotatable bonds is 6. The van der Waals surface area contributed by atoms with E-state index in [9.17, 15) is 4.79 Å². The summed E-state index contributed by atoms with van der Waals surface area (Å²) < 4.78 is 5.20. The van der Waals surface area contributed by atoms with Gasteiger partial charge in [0.05, 0.1) is 12.5 Å². The van der Waals surface area contributed by atoms with Crippen LogP contribution in [0.15, 0.2) is 24.3 Å². The summed E-state index contributed by atoms with van der Waals surface area (Å²) in [6.45, 7) is 3.18. The van der Waals surface area contributed by atoms with E-state index in [0.717, 1.165) is 43.0 Å². The average Bonchev–Trinajstić information content (AvgIpc) is 3.37. The first-order valence-electron chi connectivity index (χ1n) is 8.75. The number of methoxy groups -OCH3 is 1. The molecule has 0 bridgehead atoms. The molecule has 0 aromatic heterocycles. The number of ether oxygens (including phenoxy) is 1. The van der Waals surface area contributed by atoms with Crippen LogP contribution in [-0.4, -0.2) is 44.6 Å². The van der Waals surface area contributed by atoms with Gasteiger partial charge in [-0.1, -0.05) is 12.1 Å². The van der Waals surface area contributed by atoms with Crippen molar-refractivity contribution in [2.75, 3.05) is 33.8 Å². The Kier molecular flexibility index (Phi) is 4.90. The van der Waals surface area contributed by atoms with Crippen LogP contribution in [0.5, 0.6) is 5.75 Å². The standard InChI is InChI=1S/C19H28N2O2/c1-21-13-3-4-15(14-21)9-12-20-18(22)19(10-11-19)16-5-7-17(23-2)8-6-16/h5-8,15H,3-4,9-14H2,1-2H3,(H,20,22)/t15-/m0/s1. The maximum Gasteiger partial charge on any atom is 0.230 e. The van der Waals surface area contributed by atoms with Gasteiger partial charge in [-0.2, -0.15) is 0 Å². The normalized spacial score (nSPS) is 23.3. The lowest BCUT2D eigenvalue weighted by Gasteiger charge is -2.29. The highest BCUT2D eigenvalue weighted by atomic mass is 16.5. The molecular weight excluding hydrogens is 288 g/mol. The van der Waals surface area contributed by atoms with E-state index in [0.29, 0.717) is 0 Å². The van der Waals surface area contributed by atoms with E-state index in [2.05, 4.69) is 17.3 Å². The fraction of sp³-hybridized carbons (Fsp3) is 0.632. The summed E-state index contributed by atoms with van der Waals surface area (Å²) in [6, 6.07) is 7.95. The van der Waals surface area contributed by atoms with E-state index in [4.69, 9.17) is 4.74 Å². The number of carbonyl (C=O) groups is 1. The van der Waals surface area contributed by atoms with Crippen LogP contribution in [0.2, 0.25) is 0 Å². The molecule has 0 unspecified atom stereocenters. The maximum absolute atomic E-state index is 12.6. The quantitative estimate of drug-likeness (QED) is 0.877. The van der Waals surface area contributed by atoms with E-state index < -0.39 is 0 Å². The minimum atomic E-state index is -0.282. The molecule has 1 saturated heterocycles. The SMILES string of the molecule is COc1ccc(C2(C(=O)NCC[C@@H]3CCCN(C)C3)CC2)cc1. The summed E-state index contributed by atoms with van der Waals surface area (Å²) >= 11 is 0. The van der Waals surface area contributed by atoms with Gasteiger partial charge in [-0.3, -0.25) is 4.79 Å². The third-order valence-electron chi connectivity index (χ3n) is 5.39. The molecule has 0 spiro atoms. The van der Waals surface area contributed by atoms with E-state index in [1.54, 1.807) is 7.11 Å². The van der Waals surface area contributed by atoms with Gasteiger partial charge >= 0.3 is 0 Å². The van der Waals surface area contributed by atoms with Gasteiger partial charge in [0.25, 0.3) is 0 Å². The van der Waals surface area contributed by atoms with Crippen molar-refractivity contribution in [1.82, 2.24) is 10.2 Å². The molecule has 1 amide bonds. The van der Waals surface area contributed by atoms with Crippen LogP contribution in [0, 0.1) is 5.92 Å². The molecule has 1 N–H and O–H groups in total. The first-order chi connectivity index (χ1) is 11.1. The second-order valence-electron chi connectivity index (χ2n) is 7.13. The van der Waals surface area contributed by atoms with Gasteiger partial charge in [-0.15, -0.1) is 0 Å². The van der Waals surface area contributed by atoms with Gasteiger partial charge in [0.15, 0.2) is 0 Å². The molecule has 1 aromatic rings. The molecule has 1 aromatic carbocycles. The average molecular weight is 316 g/mol. The fourth-order valence-electron chi connectivity index (χ4n) is 3.75. The molecule has 0 radical (unpaired) electrons. The summed E-state index contributed by atoms with van der Waals surface area (Å²) in [7, 11) is 3.85. The van der Waals surface area contributed by atoms with E-state index >= 15 is 0 Å². The molecule has 2 aliphatic rings. The minimum absolute atomic E-state index is 0.201. The topological polar surface area (TPSA) is 41.6 Å². The van der Waals surface area contributed by atoms with Gasteiger partial charge in [-0.25, -0.2) is 0 Å². The minimum Gasteiger partial charge on any atom is -0.497 e. The molecule has 23 heavy (non-hydrogen) atoms. The monoisotopic (exact) mass is 316 g/mol. The van der Waals surface area contributed by atoms with Crippen molar-refractivity contribution in [3.05, 3.63) is 29.8 Å². The summed E-state index contributed by atoms with van der Waals surface area (Å²) in [5.41, 5.74) is 0.837. The largest absolute Gasteiger partial charge is 0.497 e. The summed E-state index contributed by atoms with van der Waals surface area (Å²) in [4.78, 5) is 15.0. The highest BCUT2D eigenvalue weighted by Crippen LogP contribution is 2.48. The Balaban J connectivity index is 1.51. The molecular formula is C19H28N2O2. The number of nitrogens with zero attached hydrogens (tertiary/aromatic N) is 1. The smallest absolute Gasteiger partial charge is 0.230 e. The molecule has 1 atom stereocenters. The molecule has 3 rings (SSSR count). The van der Waals surface area contributed by atoms with Gasteiger partial charge in [0.2, 0.25) is 5.91 Å². The molecule has 2 fully saturated rings. The molecule has 1 heterocycles. The Hall–Kier alpha value is -1.55. The predicted molar refractivity (Wildman–Crippen MR) is 91.8 cm³/mol. The Morgan fingerprint density at radius 3 is 2.70 bits per heavy atom. The first kappa shape index (κ1) is 16.3. The van der Waals surface area contributed by atoms with Crippen LogP contribution in [0.3, 0.4) is 0 Å². The second kappa shape index (κ2) is 6.91. The van der Waals surface area contributed by atoms with Crippen molar-refractivity contribution < 1.29 is 9.53 Å². The Bertz CT molecular complexity index is 537. The van der Waals surface area contributed by atoms with Crippen LogP contribution in [0.1, 0.15) is 37.7 Å². The number of piperidine rings is 1. The zero-order chi connectivity index (χ0) is 16.3. The summed E-state index contributed by atoms with van der Waals surface area (Å²) in [6.07, 6.45) is 5.58. The van der Waals surface area contributed by atoms with Crippen molar-refractivity contribution >= 4 is 5.91 Å². The second-order valence-corrected chi connectivity index (χ2v) is 7.13. The molecule has 4 nitrogen and oxygen atoms in total. The first-order valence-corrected chi connectivity index (χ1v) is 8.75. The zero-order valence-corrected chi connectivity index (χ0v) is 14.3. The lowest BCUT2D eigenvalue weighted by atomic mass is 9.93. The molecule has 4 heteroatoms. The van der Waals surface area contributed by atoms with Crippen LogP contribution >= 0.6 is 0 Å². The molecule has 126 valence electrons. The number of hydrogen-bond acceptors (Lipinski definition) is 3. The lowest BCUT2D eigenvalue weighted by molar-refractivity contribution is -0.123. The zero-order valence-electron chi connectivity index (χ0n) is 14.3. The van der Waals surface area contributed by atoms with Crippen LogP contribution in [-0.2, 0) is 10.2 Å². The molecule has 1 saturated carbocycles. The van der Waals surface area contributed by atoms with E-state index in [1.807, 2.05) is 24.3 Å². The van der Waals surface area contributed by atoms with Crippen molar-refractivity contribution in [1.29, 1.82) is 0 Å². The third-order valence-corrected chi connectivity index (χ3v) is 5.39. The van der Waals surface area contributed by atoms with Gasteiger partial charge < -0.3 is 15.0 Å². The third kappa shape index (κ3) is 3.69. The van der Waals surface area contributed by atoms with Crippen molar-refractivity contribution in [2.45, 2.75) is 37.5 Å². The van der Waals surface area contributed by atoms with Crippen molar-refractivity contribution in [3.8, 4) is 5.75 Å². The van der Waals surface area contributed by atoms with Crippen molar-refractivity contribution in [2.24, 2.45) is 5.92 Å². The maximum atomic E-state index is 12.6. The van der Waals surface area contributed by atoms with Crippen LogP contribution in [0.4, 0.5) is 0 Å². The van der Waals surface area contributed by atoms with Crippen LogP contribution in [0.25, 0.3) is 0 Å². The Labute approximate surface area is 139 Å². The summed E-state index contributed by atoms with van der Waals surface area (Å²) in [5, 5.41) is 3.19. The van der Waals surface area contributed by atoms with Gasteiger partial charge in [0, 0.05) is 13.1 Å².